The van der Waals surface area contributed by atoms with E-state index in [1.54, 1.807) is 0 Å². The van der Waals surface area contributed by atoms with Crippen LogP contribution in [0.4, 0.5) is 4.79 Å². The molecule has 1 aliphatic rings. The largest absolute Gasteiger partial charge is 0.479 e. The fraction of sp³-hybridized carbons (Fsp3) is 0.818. The Morgan fingerprint density at radius 2 is 1.84 bits per heavy atom. The number of carboxylic acid groups (broad SMARTS) is 1. The maximum atomic E-state index is 11.4. The topological polar surface area (TPSA) is 114 Å². The summed E-state index contributed by atoms with van der Waals surface area (Å²) in [6.45, 7) is 5.38. The SMILES string of the molecule is O=C(NCCC(O)C(=O)O)NCCN1CCNCC1. The molecule has 0 aromatic rings. The van der Waals surface area contributed by atoms with Crippen LogP contribution in [0.25, 0.3) is 0 Å². The van der Waals surface area contributed by atoms with Crippen molar-refractivity contribution in [1.29, 1.82) is 0 Å². The van der Waals surface area contributed by atoms with Gasteiger partial charge in [0, 0.05) is 52.2 Å². The molecule has 1 saturated heterocycles. The van der Waals surface area contributed by atoms with Gasteiger partial charge in [0.05, 0.1) is 0 Å². The molecule has 0 aromatic carbocycles. The maximum Gasteiger partial charge on any atom is 0.332 e. The Balaban J connectivity index is 1.99. The highest BCUT2D eigenvalue weighted by Gasteiger charge is 2.13. The molecule has 0 bridgehead atoms. The quantitative estimate of drug-likeness (QED) is 0.368. The average molecular weight is 274 g/mol. The number of amides is 2. The second-order valence-corrected chi connectivity index (χ2v) is 4.42. The number of piperazine rings is 1. The van der Waals surface area contributed by atoms with Gasteiger partial charge < -0.3 is 26.2 Å². The molecule has 19 heavy (non-hydrogen) atoms. The molecular weight excluding hydrogens is 252 g/mol. The summed E-state index contributed by atoms with van der Waals surface area (Å²) in [6.07, 6.45) is -1.43. The Bertz CT molecular complexity index is 294. The molecule has 1 fully saturated rings. The van der Waals surface area contributed by atoms with Crippen molar-refractivity contribution in [2.75, 3.05) is 45.8 Å². The van der Waals surface area contributed by atoms with Gasteiger partial charge in [0.25, 0.3) is 0 Å². The van der Waals surface area contributed by atoms with Gasteiger partial charge >= 0.3 is 12.0 Å². The molecule has 1 aliphatic heterocycles. The molecule has 1 unspecified atom stereocenters. The van der Waals surface area contributed by atoms with Crippen LogP contribution in [-0.4, -0.2) is 79.0 Å². The van der Waals surface area contributed by atoms with Gasteiger partial charge in [0.2, 0.25) is 0 Å². The third-order valence-corrected chi connectivity index (χ3v) is 2.91. The fourth-order valence-electron chi connectivity index (χ4n) is 1.77. The van der Waals surface area contributed by atoms with E-state index in [-0.39, 0.29) is 19.0 Å². The van der Waals surface area contributed by atoms with Crippen LogP contribution < -0.4 is 16.0 Å². The van der Waals surface area contributed by atoms with Crippen molar-refractivity contribution >= 4 is 12.0 Å². The minimum absolute atomic E-state index is 0.000543. The summed E-state index contributed by atoms with van der Waals surface area (Å²) in [5.74, 6) is -1.28. The highest BCUT2D eigenvalue weighted by Crippen LogP contribution is 1.90. The summed E-state index contributed by atoms with van der Waals surface area (Å²) in [5, 5.41) is 25.9. The predicted molar refractivity (Wildman–Crippen MR) is 69.0 cm³/mol. The van der Waals surface area contributed by atoms with E-state index in [1.807, 2.05) is 0 Å². The molecule has 0 spiro atoms. The zero-order chi connectivity index (χ0) is 14.1. The van der Waals surface area contributed by atoms with Crippen molar-refractivity contribution < 1.29 is 19.8 Å². The first-order valence-electron chi connectivity index (χ1n) is 6.45. The molecule has 0 aliphatic carbocycles. The van der Waals surface area contributed by atoms with Crippen molar-refractivity contribution in [3.05, 3.63) is 0 Å². The summed E-state index contributed by atoms with van der Waals surface area (Å²) in [5.41, 5.74) is 0. The first kappa shape index (κ1) is 15.7. The van der Waals surface area contributed by atoms with E-state index in [9.17, 15) is 9.59 Å². The first-order chi connectivity index (χ1) is 9.09. The van der Waals surface area contributed by atoms with Crippen molar-refractivity contribution in [3.8, 4) is 0 Å². The summed E-state index contributed by atoms with van der Waals surface area (Å²) in [4.78, 5) is 23.9. The number of urea groups is 1. The lowest BCUT2D eigenvalue weighted by Gasteiger charge is -2.27. The van der Waals surface area contributed by atoms with Gasteiger partial charge in [-0.15, -0.1) is 0 Å². The molecule has 110 valence electrons. The summed E-state index contributed by atoms with van der Waals surface area (Å²) < 4.78 is 0. The molecule has 2 amide bonds. The predicted octanol–water partition coefficient (Wildman–Crippen LogP) is -1.97. The molecule has 0 saturated carbocycles. The van der Waals surface area contributed by atoms with Crippen molar-refractivity contribution in [3.63, 3.8) is 0 Å². The van der Waals surface area contributed by atoms with Crippen LogP contribution in [0.15, 0.2) is 0 Å². The number of aliphatic hydroxyl groups excluding tert-OH is 1. The molecule has 8 nitrogen and oxygen atoms in total. The number of aliphatic carboxylic acids is 1. The van der Waals surface area contributed by atoms with Gasteiger partial charge in [-0.05, 0) is 0 Å². The molecule has 5 N–H and O–H groups in total. The van der Waals surface area contributed by atoms with Crippen LogP contribution in [0.5, 0.6) is 0 Å². The number of hydrogen-bond donors (Lipinski definition) is 5. The van der Waals surface area contributed by atoms with Crippen LogP contribution in [0.3, 0.4) is 0 Å². The van der Waals surface area contributed by atoms with Gasteiger partial charge in [-0.3, -0.25) is 4.90 Å². The number of carbonyl (C=O) groups is 2. The Morgan fingerprint density at radius 1 is 1.21 bits per heavy atom. The van der Waals surface area contributed by atoms with E-state index in [4.69, 9.17) is 10.2 Å². The Hall–Kier alpha value is -1.38. The molecule has 1 heterocycles. The number of carboxylic acids is 1. The summed E-state index contributed by atoms with van der Waals surface area (Å²) >= 11 is 0. The monoisotopic (exact) mass is 274 g/mol. The molecule has 0 radical (unpaired) electrons. The molecule has 1 atom stereocenters. The lowest BCUT2D eigenvalue weighted by molar-refractivity contribution is -0.146. The second-order valence-electron chi connectivity index (χ2n) is 4.42. The van der Waals surface area contributed by atoms with E-state index < -0.39 is 12.1 Å². The van der Waals surface area contributed by atoms with Gasteiger partial charge in [-0.25, -0.2) is 9.59 Å². The van der Waals surface area contributed by atoms with Crippen molar-refractivity contribution in [2.24, 2.45) is 0 Å². The number of carbonyl (C=O) groups excluding carboxylic acids is 1. The van der Waals surface area contributed by atoms with E-state index in [1.165, 1.54) is 0 Å². The third-order valence-electron chi connectivity index (χ3n) is 2.91. The number of nitrogens with one attached hydrogen (secondary N) is 3. The van der Waals surface area contributed by atoms with Crippen LogP contribution in [0.1, 0.15) is 6.42 Å². The second kappa shape index (κ2) is 8.68. The minimum Gasteiger partial charge on any atom is -0.479 e. The Morgan fingerprint density at radius 3 is 2.47 bits per heavy atom. The fourth-order valence-corrected chi connectivity index (χ4v) is 1.77. The standard InChI is InChI=1S/C11H22N4O4/c16-9(10(17)18)1-2-13-11(19)14-5-8-15-6-3-12-4-7-15/h9,12,16H,1-8H2,(H,17,18)(H2,13,14,19). The lowest BCUT2D eigenvalue weighted by Crippen LogP contribution is -2.47. The van der Waals surface area contributed by atoms with E-state index in [0.717, 1.165) is 32.7 Å². The van der Waals surface area contributed by atoms with Crippen LogP contribution in [0, 0.1) is 0 Å². The Kier molecular flexibility index (Phi) is 7.16. The first-order valence-corrected chi connectivity index (χ1v) is 6.45. The average Bonchev–Trinajstić information content (AvgIpc) is 2.39. The highest BCUT2D eigenvalue weighted by atomic mass is 16.4. The van der Waals surface area contributed by atoms with E-state index >= 15 is 0 Å². The summed E-state index contributed by atoms with van der Waals surface area (Å²) in [6, 6.07) is -0.340. The number of aliphatic hydroxyl groups is 1. The zero-order valence-corrected chi connectivity index (χ0v) is 10.9. The number of hydrogen-bond acceptors (Lipinski definition) is 5. The zero-order valence-electron chi connectivity index (χ0n) is 10.9. The minimum atomic E-state index is -1.43. The third kappa shape index (κ3) is 6.94. The highest BCUT2D eigenvalue weighted by molar-refractivity contribution is 5.74. The molecule has 0 aromatic heterocycles. The Labute approximate surface area is 112 Å². The van der Waals surface area contributed by atoms with Gasteiger partial charge in [-0.2, -0.15) is 0 Å². The maximum absolute atomic E-state index is 11.4. The van der Waals surface area contributed by atoms with Crippen LogP contribution >= 0.6 is 0 Å². The molecular formula is C11H22N4O4. The van der Waals surface area contributed by atoms with Crippen LogP contribution in [0.2, 0.25) is 0 Å². The van der Waals surface area contributed by atoms with Crippen LogP contribution in [-0.2, 0) is 4.79 Å². The molecule has 1 rings (SSSR count). The van der Waals surface area contributed by atoms with Gasteiger partial charge in [0.1, 0.15) is 0 Å². The van der Waals surface area contributed by atoms with Crippen molar-refractivity contribution in [1.82, 2.24) is 20.9 Å². The molecule has 8 heteroatoms. The lowest BCUT2D eigenvalue weighted by atomic mass is 10.2. The summed E-state index contributed by atoms with van der Waals surface area (Å²) in [7, 11) is 0. The number of rotatable bonds is 7. The smallest absolute Gasteiger partial charge is 0.332 e. The van der Waals surface area contributed by atoms with Gasteiger partial charge in [0.15, 0.2) is 6.10 Å². The van der Waals surface area contributed by atoms with Gasteiger partial charge in [-0.1, -0.05) is 0 Å². The van der Waals surface area contributed by atoms with E-state index in [2.05, 4.69) is 20.9 Å². The number of nitrogens with zero attached hydrogens (tertiary/aromatic N) is 1. The van der Waals surface area contributed by atoms with E-state index in [0.29, 0.717) is 6.54 Å². The van der Waals surface area contributed by atoms with Crippen molar-refractivity contribution in [2.45, 2.75) is 12.5 Å². The normalized spacial score (nSPS) is 17.7.